The number of nitrogens with zero attached hydrogens (tertiary/aromatic N) is 3. The summed E-state index contributed by atoms with van der Waals surface area (Å²) in [6.45, 7) is 1.79. The molecule has 2 aromatic heterocycles. The summed E-state index contributed by atoms with van der Waals surface area (Å²) in [5, 5.41) is 0. The van der Waals surface area contributed by atoms with Gasteiger partial charge in [-0.15, -0.1) is 0 Å². The zero-order valence-electron chi connectivity index (χ0n) is 15.8. The number of methoxy groups -OCH3 is 1. The molecule has 0 radical (unpaired) electrons. The molecule has 0 saturated carbocycles. The number of benzene rings is 1. The lowest BCUT2D eigenvalue weighted by atomic mass is 10.1. The molecule has 1 amide bonds. The second kappa shape index (κ2) is 7.78. The van der Waals surface area contributed by atoms with Crippen LogP contribution in [0.4, 0.5) is 5.69 Å². The molecule has 6 heteroatoms. The first-order valence-electron chi connectivity index (χ1n) is 9.17. The van der Waals surface area contributed by atoms with Crippen LogP contribution in [0.25, 0.3) is 11.3 Å². The molecule has 28 heavy (non-hydrogen) atoms. The first-order chi connectivity index (χ1) is 13.6. The Bertz CT molecular complexity index is 1000. The SMILES string of the molecule is COCc1ccc2c(c1)CN(C(=O)Cc1nc(-c3cccnc3)ccc1N)C2. The molecule has 0 fully saturated rings. The van der Waals surface area contributed by atoms with Crippen LogP contribution in [0, 0.1) is 0 Å². The molecule has 0 bridgehead atoms. The molecule has 4 rings (SSSR count). The maximum atomic E-state index is 12.9. The second-order valence-electron chi connectivity index (χ2n) is 6.94. The Labute approximate surface area is 164 Å². The van der Waals surface area contributed by atoms with Crippen molar-refractivity contribution in [2.45, 2.75) is 26.1 Å². The number of hydrogen-bond donors (Lipinski definition) is 1. The molecule has 142 valence electrons. The molecule has 0 atom stereocenters. The normalized spacial score (nSPS) is 12.8. The minimum atomic E-state index is 0.0204. The number of amides is 1. The second-order valence-corrected chi connectivity index (χ2v) is 6.94. The molecule has 1 aliphatic rings. The van der Waals surface area contributed by atoms with Crippen LogP contribution in [0.1, 0.15) is 22.4 Å². The fourth-order valence-electron chi connectivity index (χ4n) is 3.46. The average molecular weight is 374 g/mol. The first kappa shape index (κ1) is 18.1. The topological polar surface area (TPSA) is 81.3 Å². The maximum Gasteiger partial charge on any atom is 0.229 e. The minimum Gasteiger partial charge on any atom is -0.397 e. The van der Waals surface area contributed by atoms with Gasteiger partial charge in [0.15, 0.2) is 0 Å². The predicted octanol–water partition coefficient (Wildman–Crippen LogP) is 2.96. The van der Waals surface area contributed by atoms with E-state index in [9.17, 15) is 4.79 Å². The summed E-state index contributed by atoms with van der Waals surface area (Å²) in [7, 11) is 1.68. The van der Waals surface area contributed by atoms with Gasteiger partial charge in [0, 0.05) is 38.2 Å². The highest BCUT2D eigenvalue weighted by Gasteiger charge is 2.24. The zero-order valence-corrected chi connectivity index (χ0v) is 15.8. The number of aromatic nitrogens is 2. The highest BCUT2D eigenvalue weighted by Crippen LogP contribution is 2.26. The monoisotopic (exact) mass is 374 g/mol. The summed E-state index contributed by atoms with van der Waals surface area (Å²) in [5.41, 5.74) is 12.3. The molecule has 1 aliphatic heterocycles. The molecule has 0 unspecified atom stereocenters. The molecule has 3 aromatic rings. The Hall–Kier alpha value is -3.25. The van der Waals surface area contributed by atoms with E-state index in [0.717, 1.165) is 16.8 Å². The van der Waals surface area contributed by atoms with Gasteiger partial charge in [-0.3, -0.25) is 14.8 Å². The van der Waals surface area contributed by atoms with Crippen LogP contribution >= 0.6 is 0 Å². The van der Waals surface area contributed by atoms with Crippen molar-refractivity contribution >= 4 is 11.6 Å². The Balaban J connectivity index is 1.50. The summed E-state index contributed by atoms with van der Waals surface area (Å²) >= 11 is 0. The van der Waals surface area contributed by atoms with Gasteiger partial charge in [-0.2, -0.15) is 0 Å². The largest absolute Gasteiger partial charge is 0.397 e. The highest BCUT2D eigenvalue weighted by molar-refractivity contribution is 5.81. The number of anilines is 1. The molecular weight excluding hydrogens is 352 g/mol. The third-order valence-electron chi connectivity index (χ3n) is 4.94. The van der Waals surface area contributed by atoms with Crippen LogP contribution in [0.3, 0.4) is 0 Å². The smallest absolute Gasteiger partial charge is 0.229 e. The first-order valence-corrected chi connectivity index (χ1v) is 9.17. The van der Waals surface area contributed by atoms with Gasteiger partial charge in [0.25, 0.3) is 0 Å². The van der Waals surface area contributed by atoms with Gasteiger partial charge in [-0.05, 0) is 41.0 Å². The third kappa shape index (κ3) is 3.73. The van der Waals surface area contributed by atoms with Crippen molar-refractivity contribution < 1.29 is 9.53 Å². The number of pyridine rings is 2. The van der Waals surface area contributed by atoms with Crippen LogP contribution in [-0.4, -0.2) is 27.9 Å². The van der Waals surface area contributed by atoms with E-state index in [4.69, 9.17) is 10.5 Å². The van der Waals surface area contributed by atoms with Crippen LogP contribution < -0.4 is 5.73 Å². The van der Waals surface area contributed by atoms with E-state index in [0.29, 0.717) is 31.1 Å². The van der Waals surface area contributed by atoms with Gasteiger partial charge in [0.05, 0.1) is 30.1 Å². The van der Waals surface area contributed by atoms with Crippen molar-refractivity contribution in [2.75, 3.05) is 12.8 Å². The number of carbonyl (C=O) groups excluding carboxylic acids is 1. The van der Waals surface area contributed by atoms with Crippen LogP contribution in [0.2, 0.25) is 0 Å². The lowest BCUT2D eigenvalue weighted by Gasteiger charge is -2.16. The molecule has 2 N–H and O–H groups in total. The van der Waals surface area contributed by atoms with Gasteiger partial charge in [0.2, 0.25) is 5.91 Å². The van der Waals surface area contributed by atoms with Crippen LogP contribution in [0.5, 0.6) is 0 Å². The number of nitrogen functional groups attached to an aromatic ring is 1. The van der Waals surface area contributed by atoms with E-state index in [1.165, 1.54) is 11.1 Å². The Kier molecular flexibility index (Phi) is 5.04. The fourth-order valence-corrected chi connectivity index (χ4v) is 3.46. The number of fused-ring (bicyclic) bond motifs is 1. The highest BCUT2D eigenvalue weighted by atomic mass is 16.5. The summed E-state index contributed by atoms with van der Waals surface area (Å²) < 4.78 is 5.19. The number of ether oxygens (including phenoxy) is 1. The van der Waals surface area contributed by atoms with Crippen LogP contribution in [-0.2, 0) is 35.6 Å². The molecule has 0 aliphatic carbocycles. The van der Waals surface area contributed by atoms with E-state index >= 15 is 0 Å². The van der Waals surface area contributed by atoms with E-state index < -0.39 is 0 Å². The van der Waals surface area contributed by atoms with E-state index in [1.807, 2.05) is 29.2 Å². The minimum absolute atomic E-state index is 0.0204. The van der Waals surface area contributed by atoms with Gasteiger partial charge in [0.1, 0.15) is 0 Å². The van der Waals surface area contributed by atoms with E-state index in [-0.39, 0.29) is 12.3 Å². The van der Waals surface area contributed by atoms with Gasteiger partial charge < -0.3 is 15.4 Å². The third-order valence-corrected chi connectivity index (χ3v) is 4.94. The van der Waals surface area contributed by atoms with Crippen molar-refractivity contribution in [3.05, 3.63) is 77.2 Å². The van der Waals surface area contributed by atoms with Gasteiger partial charge >= 0.3 is 0 Å². The zero-order chi connectivity index (χ0) is 19.5. The van der Waals surface area contributed by atoms with Crippen molar-refractivity contribution in [2.24, 2.45) is 0 Å². The predicted molar refractivity (Wildman–Crippen MR) is 107 cm³/mol. The molecule has 0 spiro atoms. The quantitative estimate of drug-likeness (QED) is 0.743. The Morgan fingerprint density at radius 1 is 1.18 bits per heavy atom. The molecule has 3 heterocycles. The number of rotatable bonds is 5. The molecule has 1 aromatic carbocycles. The summed E-state index contributed by atoms with van der Waals surface area (Å²) in [6.07, 6.45) is 3.64. The fraction of sp³-hybridized carbons (Fsp3) is 0.227. The lowest BCUT2D eigenvalue weighted by Crippen LogP contribution is -2.27. The van der Waals surface area contributed by atoms with Crippen molar-refractivity contribution in [1.29, 1.82) is 0 Å². The number of hydrogen-bond acceptors (Lipinski definition) is 5. The number of carbonyl (C=O) groups is 1. The van der Waals surface area contributed by atoms with Gasteiger partial charge in [-0.25, -0.2) is 0 Å². The summed E-state index contributed by atoms with van der Waals surface area (Å²) in [6, 6.07) is 13.7. The van der Waals surface area contributed by atoms with E-state index in [1.54, 1.807) is 25.6 Å². The van der Waals surface area contributed by atoms with Gasteiger partial charge in [-0.1, -0.05) is 18.2 Å². The maximum absolute atomic E-state index is 12.9. The summed E-state index contributed by atoms with van der Waals surface area (Å²) in [5.74, 6) is 0.0204. The Morgan fingerprint density at radius 2 is 2.04 bits per heavy atom. The molecule has 6 nitrogen and oxygen atoms in total. The Morgan fingerprint density at radius 3 is 2.82 bits per heavy atom. The van der Waals surface area contributed by atoms with Crippen molar-refractivity contribution in [1.82, 2.24) is 14.9 Å². The lowest BCUT2D eigenvalue weighted by molar-refractivity contribution is -0.131. The number of nitrogens with two attached hydrogens (primary N) is 1. The average Bonchev–Trinajstić information content (AvgIpc) is 3.14. The van der Waals surface area contributed by atoms with Crippen molar-refractivity contribution in [3.63, 3.8) is 0 Å². The standard InChI is InChI=1S/C22H22N4O2/c1-28-14-15-4-5-17-12-26(13-18(17)9-15)22(27)10-21-19(23)6-7-20(25-21)16-3-2-8-24-11-16/h2-9,11H,10,12-14,23H2,1H3. The van der Waals surface area contributed by atoms with Crippen molar-refractivity contribution in [3.8, 4) is 11.3 Å². The van der Waals surface area contributed by atoms with E-state index in [2.05, 4.69) is 22.1 Å². The summed E-state index contributed by atoms with van der Waals surface area (Å²) in [4.78, 5) is 23.5. The van der Waals surface area contributed by atoms with Crippen LogP contribution in [0.15, 0.2) is 54.9 Å². The molecular formula is C22H22N4O2. The molecule has 0 saturated heterocycles.